The molecule has 0 unspecified atom stereocenters. The Kier molecular flexibility index (Phi) is 5.04. The van der Waals surface area contributed by atoms with Gasteiger partial charge in [-0.15, -0.1) is 0 Å². The molecule has 0 spiro atoms. The van der Waals surface area contributed by atoms with Crippen molar-refractivity contribution in [2.45, 2.75) is 25.7 Å². The van der Waals surface area contributed by atoms with Crippen LogP contribution in [0.3, 0.4) is 0 Å². The molecule has 2 heterocycles. The number of benzene rings is 2. The van der Waals surface area contributed by atoms with Crippen LogP contribution in [0.4, 0.5) is 13.2 Å². The maximum Gasteiger partial charge on any atom is 0.416 e. The Labute approximate surface area is 159 Å². The molecule has 8 heteroatoms. The summed E-state index contributed by atoms with van der Waals surface area (Å²) in [5.74, 6) is 1.67. The van der Waals surface area contributed by atoms with Gasteiger partial charge in [-0.05, 0) is 17.7 Å². The first-order valence-corrected chi connectivity index (χ1v) is 8.88. The van der Waals surface area contributed by atoms with Crippen molar-refractivity contribution in [1.29, 1.82) is 0 Å². The van der Waals surface area contributed by atoms with Gasteiger partial charge in [0.2, 0.25) is 5.89 Å². The van der Waals surface area contributed by atoms with E-state index in [4.69, 9.17) is 9.26 Å². The normalized spacial score (nSPS) is 15.0. The molecule has 1 aliphatic heterocycles. The zero-order valence-corrected chi connectivity index (χ0v) is 14.9. The third kappa shape index (κ3) is 4.33. The van der Waals surface area contributed by atoms with E-state index in [9.17, 15) is 13.2 Å². The predicted molar refractivity (Wildman–Crippen MR) is 94.6 cm³/mol. The minimum absolute atomic E-state index is 0.180. The van der Waals surface area contributed by atoms with Crippen LogP contribution < -0.4 is 4.74 Å². The van der Waals surface area contributed by atoms with Crippen LogP contribution in [-0.2, 0) is 25.7 Å². The highest BCUT2D eigenvalue weighted by molar-refractivity contribution is 5.33. The Morgan fingerprint density at radius 1 is 1.07 bits per heavy atom. The van der Waals surface area contributed by atoms with Gasteiger partial charge in [-0.2, -0.15) is 18.2 Å². The lowest BCUT2D eigenvalue weighted by Gasteiger charge is -2.16. The highest BCUT2D eigenvalue weighted by Gasteiger charge is 2.30. The third-order valence-corrected chi connectivity index (χ3v) is 4.52. The van der Waals surface area contributed by atoms with E-state index in [-0.39, 0.29) is 6.42 Å². The first-order valence-electron chi connectivity index (χ1n) is 8.88. The highest BCUT2D eigenvalue weighted by atomic mass is 19.4. The van der Waals surface area contributed by atoms with Gasteiger partial charge in [0.15, 0.2) is 5.82 Å². The molecule has 0 bridgehead atoms. The van der Waals surface area contributed by atoms with Gasteiger partial charge < -0.3 is 9.26 Å². The van der Waals surface area contributed by atoms with E-state index in [2.05, 4.69) is 15.0 Å². The van der Waals surface area contributed by atoms with Gasteiger partial charge >= 0.3 is 6.18 Å². The zero-order chi connectivity index (χ0) is 19.6. The first-order chi connectivity index (χ1) is 13.5. The number of halogens is 3. The molecule has 0 saturated carbocycles. The van der Waals surface area contributed by atoms with Gasteiger partial charge in [0.1, 0.15) is 12.4 Å². The van der Waals surface area contributed by atoms with Crippen LogP contribution in [0.5, 0.6) is 5.75 Å². The second-order valence-corrected chi connectivity index (χ2v) is 6.65. The van der Waals surface area contributed by atoms with Crippen molar-refractivity contribution < 1.29 is 22.4 Å². The summed E-state index contributed by atoms with van der Waals surface area (Å²) in [6.45, 7) is 2.41. The number of aromatic nitrogens is 2. The number of rotatable bonds is 4. The Hall–Kier alpha value is -2.87. The monoisotopic (exact) mass is 389 g/mol. The van der Waals surface area contributed by atoms with Crippen LogP contribution in [-0.4, -0.2) is 28.2 Å². The molecule has 4 rings (SSSR count). The smallest absolute Gasteiger partial charge is 0.416 e. The van der Waals surface area contributed by atoms with Gasteiger partial charge in [0.05, 0.1) is 12.1 Å². The molecule has 0 atom stereocenters. The standard InChI is InChI=1S/C20H18F3N3O2/c21-20(22,23)16-6-3-4-14(10-16)11-18-24-19(28-25-18)13-26-8-9-27-17-7-2-1-5-15(17)12-26/h1-7,10H,8-9,11-13H2. The van der Waals surface area contributed by atoms with Gasteiger partial charge in [0.25, 0.3) is 0 Å². The molecule has 0 N–H and O–H groups in total. The van der Waals surface area contributed by atoms with Crippen LogP contribution in [0.2, 0.25) is 0 Å². The number of ether oxygens (including phenoxy) is 1. The van der Waals surface area contributed by atoms with E-state index in [0.717, 1.165) is 23.4 Å². The lowest BCUT2D eigenvalue weighted by Crippen LogP contribution is -2.25. The zero-order valence-electron chi connectivity index (χ0n) is 14.9. The summed E-state index contributed by atoms with van der Waals surface area (Å²) in [7, 11) is 0. The number of para-hydroxylation sites is 1. The third-order valence-electron chi connectivity index (χ3n) is 4.52. The molecule has 146 valence electrons. The lowest BCUT2D eigenvalue weighted by atomic mass is 10.1. The Morgan fingerprint density at radius 3 is 2.79 bits per heavy atom. The number of hydrogen-bond donors (Lipinski definition) is 0. The maximum absolute atomic E-state index is 12.8. The molecule has 2 aromatic carbocycles. The summed E-state index contributed by atoms with van der Waals surface area (Å²) in [4.78, 5) is 6.47. The summed E-state index contributed by atoms with van der Waals surface area (Å²) in [5.41, 5.74) is 0.889. The van der Waals surface area contributed by atoms with E-state index in [1.165, 1.54) is 6.07 Å². The fraction of sp³-hybridized carbons (Fsp3) is 0.300. The lowest BCUT2D eigenvalue weighted by molar-refractivity contribution is -0.137. The molecule has 0 radical (unpaired) electrons. The number of fused-ring (bicyclic) bond motifs is 1. The van der Waals surface area contributed by atoms with E-state index >= 15 is 0 Å². The van der Waals surface area contributed by atoms with Crippen LogP contribution in [0.15, 0.2) is 53.1 Å². The number of nitrogens with zero attached hydrogens (tertiary/aromatic N) is 3. The van der Waals surface area contributed by atoms with Crippen LogP contribution in [0, 0.1) is 0 Å². The van der Waals surface area contributed by atoms with Crippen molar-refractivity contribution in [1.82, 2.24) is 15.0 Å². The van der Waals surface area contributed by atoms with Crippen molar-refractivity contribution in [2.24, 2.45) is 0 Å². The van der Waals surface area contributed by atoms with Crippen LogP contribution in [0.25, 0.3) is 0 Å². The van der Waals surface area contributed by atoms with Gasteiger partial charge in [0, 0.05) is 25.1 Å². The van der Waals surface area contributed by atoms with Crippen LogP contribution >= 0.6 is 0 Å². The summed E-state index contributed by atoms with van der Waals surface area (Å²) in [6, 6.07) is 13.0. The first kappa shape index (κ1) is 18.5. The summed E-state index contributed by atoms with van der Waals surface area (Å²) >= 11 is 0. The molecule has 1 aliphatic rings. The fourth-order valence-corrected chi connectivity index (χ4v) is 3.17. The second kappa shape index (κ2) is 7.63. The molecule has 1 aromatic heterocycles. The molecule has 0 amide bonds. The minimum atomic E-state index is -4.37. The summed E-state index contributed by atoms with van der Waals surface area (Å²) < 4.78 is 49.6. The topological polar surface area (TPSA) is 51.4 Å². The van der Waals surface area contributed by atoms with Crippen LogP contribution in [0.1, 0.15) is 28.4 Å². The van der Waals surface area contributed by atoms with Gasteiger partial charge in [-0.25, -0.2) is 0 Å². The summed E-state index contributed by atoms with van der Waals surface area (Å²) in [6.07, 6.45) is -4.19. The van der Waals surface area contributed by atoms with E-state index in [1.54, 1.807) is 6.07 Å². The Bertz CT molecular complexity index is 956. The Morgan fingerprint density at radius 2 is 1.93 bits per heavy atom. The van der Waals surface area contributed by atoms with Crippen molar-refractivity contribution in [3.63, 3.8) is 0 Å². The largest absolute Gasteiger partial charge is 0.492 e. The van der Waals surface area contributed by atoms with Gasteiger partial charge in [-0.1, -0.05) is 41.6 Å². The Balaban J connectivity index is 1.42. The molecule has 0 saturated heterocycles. The molecule has 3 aromatic rings. The SMILES string of the molecule is FC(F)(F)c1cccc(Cc2noc(CN3CCOc4ccccc4C3)n2)c1. The molecular weight excluding hydrogens is 371 g/mol. The highest BCUT2D eigenvalue weighted by Crippen LogP contribution is 2.30. The quantitative estimate of drug-likeness (QED) is 0.673. The predicted octanol–water partition coefficient (Wildman–Crippen LogP) is 4.07. The number of hydrogen-bond acceptors (Lipinski definition) is 5. The molecule has 0 fully saturated rings. The average molecular weight is 389 g/mol. The van der Waals surface area contributed by atoms with Crippen molar-refractivity contribution >= 4 is 0 Å². The second-order valence-electron chi connectivity index (χ2n) is 6.65. The minimum Gasteiger partial charge on any atom is -0.492 e. The van der Waals surface area contributed by atoms with Crippen molar-refractivity contribution in [3.8, 4) is 5.75 Å². The molecule has 5 nitrogen and oxygen atoms in total. The van der Waals surface area contributed by atoms with Crippen molar-refractivity contribution in [2.75, 3.05) is 13.2 Å². The van der Waals surface area contributed by atoms with E-state index in [0.29, 0.717) is 43.5 Å². The summed E-state index contributed by atoms with van der Waals surface area (Å²) in [5, 5.41) is 3.91. The van der Waals surface area contributed by atoms with E-state index in [1.807, 2.05) is 24.3 Å². The number of alkyl halides is 3. The maximum atomic E-state index is 12.8. The fourth-order valence-electron chi connectivity index (χ4n) is 3.17. The molecule has 0 aliphatic carbocycles. The van der Waals surface area contributed by atoms with E-state index < -0.39 is 11.7 Å². The average Bonchev–Trinajstić information content (AvgIpc) is 2.98. The molecule has 28 heavy (non-hydrogen) atoms. The molecular formula is C20H18F3N3O2. The van der Waals surface area contributed by atoms with Crippen molar-refractivity contribution in [3.05, 3.63) is 76.9 Å². The van der Waals surface area contributed by atoms with Gasteiger partial charge in [-0.3, -0.25) is 4.90 Å².